The van der Waals surface area contributed by atoms with Gasteiger partial charge in [-0.1, -0.05) is 33.4 Å². The number of hydrogen-bond donors (Lipinski definition) is 0. The highest BCUT2D eigenvalue weighted by Crippen LogP contribution is 2.24. The average molecular weight is 215 g/mol. The largest absolute Gasteiger partial charge is 0.252 e. The molecule has 0 aliphatic carbocycles. The Kier molecular flexibility index (Phi) is 4.09. The lowest BCUT2D eigenvalue weighted by Gasteiger charge is -2.14. The molecule has 0 aromatic carbocycles. The molecule has 0 fully saturated rings. The summed E-state index contributed by atoms with van der Waals surface area (Å²) in [6.45, 7) is 14.4. The number of pyridine rings is 1. The van der Waals surface area contributed by atoms with E-state index in [2.05, 4.69) is 46.1 Å². The standard InChI is InChI=1S/C15H21N/c1-7-11(5)15-13(8-2)9-12(6)14(16-15)10(3)4/h9-10H,1,8H2,2-6H3. The van der Waals surface area contributed by atoms with Crippen LogP contribution in [0.2, 0.25) is 0 Å². The minimum absolute atomic E-state index is 0.460. The Morgan fingerprint density at radius 3 is 2.56 bits per heavy atom. The maximum Gasteiger partial charge on any atom is 0.0771 e. The topological polar surface area (TPSA) is 12.9 Å². The summed E-state index contributed by atoms with van der Waals surface area (Å²) in [5, 5.41) is 0. The second kappa shape index (κ2) is 5.14. The molecule has 0 saturated heterocycles. The first-order chi connectivity index (χ1) is 7.51. The molecule has 0 aliphatic rings. The monoisotopic (exact) mass is 215 g/mol. The molecule has 16 heavy (non-hydrogen) atoms. The lowest BCUT2D eigenvalue weighted by atomic mass is 9.98. The Hall–Kier alpha value is -1.33. The molecular weight excluding hydrogens is 194 g/mol. The van der Waals surface area contributed by atoms with Crippen LogP contribution in [-0.4, -0.2) is 4.98 Å². The molecule has 1 nitrogen and oxygen atoms in total. The zero-order chi connectivity index (χ0) is 12.3. The summed E-state index contributed by atoms with van der Waals surface area (Å²) in [5.41, 5.74) is 8.80. The van der Waals surface area contributed by atoms with Gasteiger partial charge in [0.05, 0.1) is 5.69 Å². The van der Waals surface area contributed by atoms with E-state index in [1.54, 1.807) is 0 Å². The van der Waals surface area contributed by atoms with Crippen molar-refractivity contribution in [3.8, 4) is 0 Å². The molecule has 0 radical (unpaired) electrons. The van der Waals surface area contributed by atoms with Crippen LogP contribution in [0.25, 0.3) is 5.57 Å². The van der Waals surface area contributed by atoms with Gasteiger partial charge in [-0.05, 0) is 37.3 Å². The van der Waals surface area contributed by atoms with Crippen LogP contribution in [0.1, 0.15) is 56.1 Å². The number of hydrogen-bond acceptors (Lipinski definition) is 1. The van der Waals surface area contributed by atoms with Crippen molar-refractivity contribution in [2.75, 3.05) is 0 Å². The fourth-order valence-electron chi connectivity index (χ4n) is 1.95. The molecule has 1 heteroatoms. The molecule has 0 unspecified atom stereocenters. The quantitative estimate of drug-likeness (QED) is 0.686. The molecule has 1 heterocycles. The fourth-order valence-corrected chi connectivity index (χ4v) is 1.95. The molecule has 0 atom stereocenters. The van der Waals surface area contributed by atoms with Crippen LogP contribution in [0, 0.1) is 6.92 Å². The lowest BCUT2D eigenvalue weighted by Crippen LogP contribution is -2.03. The van der Waals surface area contributed by atoms with Gasteiger partial charge in [-0.25, -0.2) is 0 Å². The van der Waals surface area contributed by atoms with Gasteiger partial charge in [-0.15, -0.1) is 5.73 Å². The van der Waals surface area contributed by atoms with Crippen molar-refractivity contribution in [3.63, 3.8) is 0 Å². The van der Waals surface area contributed by atoms with Crippen LogP contribution in [-0.2, 0) is 6.42 Å². The van der Waals surface area contributed by atoms with Crippen LogP contribution in [0.5, 0.6) is 0 Å². The minimum Gasteiger partial charge on any atom is -0.252 e. The number of aromatic nitrogens is 1. The van der Waals surface area contributed by atoms with Crippen molar-refractivity contribution in [1.82, 2.24) is 4.98 Å². The number of aryl methyl sites for hydroxylation is 2. The van der Waals surface area contributed by atoms with E-state index < -0.39 is 0 Å². The van der Waals surface area contributed by atoms with E-state index in [-0.39, 0.29) is 0 Å². The minimum atomic E-state index is 0.460. The van der Waals surface area contributed by atoms with Gasteiger partial charge >= 0.3 is 0 Å². The van der Waals surface area contributed by atoms with E-state index in [4.69, 9.17) is 4.98 Å². The van der Waals surface area contributed by atoms with Gasteiger partial charge in [0.2, 0.25) is 0 Å². The van der Waals surface area contributed by atoms with Crippen LogP contribution in [0.4, 0.5) is 0 Å². The van der Waals surface area contributed by atoms with Crippen LogP contribution in [0.3, 0.4) is 0 Å². The van der Waals surface area contributed by atoms with Crippen molar-refractivity contribution in [2.24, 2.45) is 0 Å². The van der Waals surface area contributed by atoms with E-state index in [1.165, 1.54) is 16.8 Å². The lowest BCUT2D eigenvalue weighted by molar-refractivity contribution is 0.803. The van der Waals surface area contributed by atoms with Gasteiger partial charge in [0.25, 0.3) is 0 Å². The summed E-state index contributed by atoms with van der Waals surface area (Å²) in [5.74, 6) is 0.460. The highest BCUT2D eigenvalue weighted by molar-refractivity contribution is 5.63. The highest BCUT2D eigenvalue weighted by atomic mass is 14.7. The van der Waals surface area contributed by atoms with Crippen LogP contribution in [0.15, 0.2) is 18.4 Å². The molecule has 0 N–H and O–H groups in total. The molecule has 86 valence electrons. The predicted molar refractivity (Wildman–Crippen MR) is 70.7 cm³/mol. The van der Waals surface area contributed by atoms with Gasteiger partial charge in [0.15, 0.2) is 0 Å². The number of nitrogens with zero attached hydrogens (tertiary/aromatic N) is 1. The second-order valence-electron chi connectivity index (χ2n) is 4.51. The maximum absolute atomic E-state index is 4.77. The summed E-state index contributed by atoms with van der Waals surface area (Å²) >= 11 is 0. The van der Waals surface area contributed by atoms with E-state index in [1.807, 2.05) is 6.92 Å². The van der Waals surface area contributed by atoms with Crippen molar-refractivity contribution in [3.05, 3.63) is 40.9 Å². The molecule has 1 aromatic rings. The van der Waals surface area contributed by atoms with Crippen molar-refractivity contribution in [2.45, 2.75) is 47.0 Å². The summed E-state index contributed by atoms with van der Waals surface area (Å²) < 4.78 is 0. The normalized spacial score (nSPS) is 10.4. The highest BCUT2D eigenvalue weighted by Gasteiger charge is 2.11. The third kappa shape index (κ3) is 2.43. The predicted octanol–water partition coefficient (Wildman–Crippen LogP) is 4.26. The molecule has 0 amide bonds. The third-order valence-electron chi connectivity index (χ3n) is 2.88. The van der Waals surface area contributed by atoms with Crippen molar-refractivity contribution >= 4 is 5.57 Å². The number of allylic oxidation sites excluding steroid dienone is 1. The Morgan fingerprint density at radius 2 is 2.12 bits per heavy atom. The molecule has 0 aliphatic heterocycles. The zero-order valence-electron chi connectivity index (χ0n) is 11.0. The smallest absolute Gasteiger partial charge is 0.0771 e. The van der Waals surface area contributed by atoms with Crippen LogP contribution < -0.4 is 0 Å². The second-order valence-corrected chi connectivity index (χ2v) is 4.51. The van der Waals surface area contributed by atoms with Gasteiger partial charge in [0, 0.05) is 11.3 Å². The van der Waals surface area contributed by atoms with Gasteiger partial charge < -0.3 is 0 Å². The molecule has 1 rings (SSSR count). The Morgan fingerprint density at radius 1 is 1.50 bits per heavy atom. The van der Waals surface area contributed by atoms with Gasteiger partial charge in [-0.2, -0.15) is 0 Å². The molecule has 0 bridgehead atoms. The molecule has 0 spiro atoms. The molecular formula is C15H21N. The van der Waals surface area contributed by atoms with Crippen LogP contribution >= 0.6 is 0 Å². The van der Waals surface area contributed by atoms with Crippen molar-refractivity contribution in [1.29, 1.82) is 0 Å². The Labute approximate surface area is 98.9 Å². The summed E-state index contributed by atoms with van der Waals surface area (Å²) in [4.78, 5) is 4.77. The SMILES string of the molecule is C=C=C(C)c1nc(C(C)C)c(C)cc1CC. The molecule has 0 saturated carbocycles. The first kappa shape index (κ1) is 12.7. The number of rotatable bonds is 3. The van der Waals surface area contributed by atoms with Gasteiger partial charge in [0.1, 0.15) is 0 Å². The van der Waals surface area contributed by atoms with E-state index in [0.29, 0.717) is 5.92 Å². The maximum atomic E-state index is 4.77. The Balaban J connectivity index is 3.46. The molecule has 1 aromatic heterocycles. The van der Waals surface area contributed by atoms with E-state index >= 15 is 0 Å². The average Bonchev–Trinajstić information content (AvgIpc) is 2.27. The zero-order valence-corrected chi connectivity index (χ0v) is 11.0. The summed E-state index contributed by atoms with van der Waals surface area (Å²) in [7, 11) is 0. The first-order valence-electron chi connectivity index (χ1n) is 5.88. The van der Waals surface area contributed by atoms with Crippen molar-refractivity contribution < 1.29 is 0 Å². The summed E-state index contributed by atoms with van der Waals surface area (Å²) in [6, 6.07) is 2.25. The van der Waals surface area contributed by atoms with E-state index in [0.717, 1.165) is 17.7 Å². The Bertz CT molecular complexity index is 435. The third-order valence-corrected chi connectivity index (χ3v) is 2.88. The fraction of sp³-hybridized carbons (Fsp3) is 0.467. The van der Waals surface area contributed by atoms with E-state index in [9.17, 15) is 0 Å². The van der Waals surface area contributed by atoms with Gasteiger partial charge in [-0.3, -0.25) is 4.98 Å². The summed E-state index contributed by atoms with van der Waals surface area (Å²) in [6.07, 6.45) is 1.00. The first-order valence-corrected chi connectivity index (χ1v) is 5.88.